The number of unbranched alkanes of at least 4 members (excludes halogenated alkanes) is 3. The van der Waals surface area contributed by atoms with Gasteiger partial charge in [-0.05, 0) is 253 Å². The predicted octanol–water partition coefficient (Wildman–Crippen LogP) is 12.7. The van der Waals surface area contributed by atoms with E-state index in [1.807, 2.05) is 170 Å². The van der Waals surface area contributed by atoms with Crippen LogP contribution in [0, 0.1) is 11.4 Å². The molecular formula is C104H139Cl2N23O9S. The maximum atomic E-state index is 15.2. The highest BCUT2D eigenvalue weighted by Gasteiger charge is 2.50. The third-order valence-corrected chi connectivity index (χ3v) is 30.6. The molecule has 139 heavy (non-hydrogen) atoms. The summed E-state index contributed by atoms with van der Waals surface area (Å²) < 4.78 is 21.0. The van der Waals surface area contributed by atoms with E-state index >= 15 is 4.79 Å². The molecule has 9 aliphatic rings. The fraction of sp³-hybridized carbons (Fsp3) is 0.548. The van der Waals surface area contributed by atoms with Gasteiger partial charge in [0.05, 0.1) is 44.3 Å². The van der Waals surface area contributed by atoms with Gasteiger partial charge in [0.2, 0.25) is 35.4 Å². The van der Waals surface area contributed by atoms with Gasteiger partial charge >= 0.3 is 0 Å². The molecule has 11 N–H and O–H groups in total. The Morgan fingerprint density at radius 3 is 1.40 bits per heavy atom. The number of amidine groups is 4. The number of nitrogens with two attached hydrogens (primary N) is 3. The average molecular weight is 1960 g/mol. The van der Waals surface area contributed by atoms with Crippen LogP contribution in [0.25, 0.3) is 10.1 Å². The third-order valence-electron chi connectivity index (χ3n) is 29.0. The van der Waals surface area contributed by atoms with E-state index in [0.717, 1.165) is 140 Å². The van der Waals surface area contributed by atoms with Gasteiger partial charge in [-0.25, -0.2) is 15.0 Å². The van der Waals surface area contributed by atoms with Gasteiger partial charge in [0.1, 0.15) is 40.6 Å². The number of anilines is 1. The number of carbonyl (C=O) groups excluding carboxylic acids is 6. The standard InChI is InChI=1S/C104H139Cl2N23O9S/c1-102(2)89(71-26-11-7-12-27-71)136-99(116-102)124-50-53-127(96(133)81(107)33-17-22-44-121-42-20-10-21-43-121)85(66-124)93(130)112-61-69-56-75(58-79(106)57-69)70-39-48-122(49-40-70)45-23-18-34-82(108)97(134)128-54-51-125(100-117-103(3,4)90(137-100)72-28-13-8-14-29-72)67-86(128)94(131)113-63-76-59-78(105)36-37-84(76)115-92(119-120-110)74-32-25-47-123(65-74)46-24-19-35-83(109)98(135)129-55-52-126(101-118-104(5,6)91(138-101)73-30-15-9-16-31-73)68-87(129)95(132)114-64-80-60-77-62-111-41-38-88(77)139-80/h7-9,11-16,26-31,36-38,41,56-60,62,70,74,81-83,85-87,89-91H,10,17-25,32-35,39-40,42-55,61,63-68,107-109H2,1-6H3,(H,112,130)(H,113,131)(H,114,132)(H2,110,115,119)/t74?,81-,82-,83-,85+,86+,87+,89?,90?,91?/m1/s1. The molecule has 35 heteroatoms. The molecule has 744 valence electrons. The lowest BCUT2D eigenvalue weighted by Crippen LogP contribution is -2.63. The van der Waals surface area contributed by atoms with E-state index in [4.69, 9.17) is 75.1 Å². The quantitative estimate of drug-likeness (QED) is 0.00610. The second-order valence-electron chi connectivity index (χ2n) is 40.5. The molecule has 0 saturated carbocycles. The van der Waals surface area contributed by atoms with Crippen molar-refractivity contribution in [1.82, 2.24) is 65.0 Å². The molecule has 6 saturated heterocycles. The maximum Gasteiger partial charge on any atom is 0.288 e. The Bertz CT molecular complexity index is 5510. The summed E-state index contributed by atoms with van der Waals surface area (Å²) in [5.41, 5.74) is 32.9. The molecule has 0 spiro atoms. The first-order valence-corrected chi connectivity index (χ1v) is 51.7. The normalized spacial score (nSPS) is 23.2. The maximum absolute atomic E-state index is 15.2. The van der Waals surface area contributed by atoms with Crippen molar-refractivity contribution in [2.75, 3.05) is 123 Å². The van der Waals surface area contributed by atoms with Crippen molar-refractivity contribution in [2.24, 2.45) is 48.4 Å². The summed E-state index contributed by atoms with van der Waals surface area (Å²) in [5, 5.41) is 23.0. The van der Waals surface area contributed by atoms with Gasteiger partial charge in [-0.15, -0.1) is 16.4 Å². The lowest BCUT2D eigenvalue weighted by Gasteiger charge is -2.41. The summed E-state index contributed by atoms with van der Waals surface area (Å²) in [5.74, 6) is -1.25. The van der Waals surface area contributed by atoms with Crippen LogP contribution in [0.5, 0.6) is 0 Å². The Labute approximate surface area is 830 Å². The van der Waals surface area contributed by atoms with Gasteiger partial charge in [-0.1, -0.05) is 151 Å². The summed E-state index contributed by atoms with van der Waals surface area (Å²) in [4.78, 5) is 127. The molecular weight excluding hydrogens is 1820 g/mol. The Hall–Kier alpha value is -10.8. The molecule has 4 unspecified atom stereocenters. The molecule has 10 atom stereocenters. The first kappa shape index (κ1) is 101. The van der Waals surface area contributed by atoms with E-state index in [2.05, 4.69) is 71.2 Å². The minimum Gasteiger partial charge on any atom is -0.454 e. The van der Waals surface area contributed by atoms with E-state index in [-0.39, 0.29) is 119 Å². The van der Waals surface area contributed by atoms with Crippen LogP contribution in [0.15, 0.2) is 177 Å². The van der Waals surface area contributed by atoms with Crippen LogP contribution in [0.3, 0.4) is 0 Å². The smallest absolute Gasteiger partial charge is 0.288 e. The fourth-order valence-corrected chi connectivity index (χ4v) is 22.7. The number of nitrogens with one attached hydrogen (secondary N) is 5. The van der Waals surface area contributed by atoms with Crippen LogP contribution in [0.1, 0.15) is 207 Å². The van der Waals surface area contributed by atoms with Crippen molar-refractivity contribution < 1.29 is 43.0 Å². The van der Waals surface area contributed by atoms with Crippen LogP contribution >= 0.6 is 34.5 Å². The second kappa shape index (κ2) is 46.3. The second-order valence-corrected chi connectivity index (χ2v) is 42.5. The number of carbonyl (C=O) groups is 6. The number of aromatic nitrogens is 1. The molecule has 0 radical (unpaired) electrons. The number of amides is 6. The minimum absolute atomic E-state index is 0.00904. The van der Waals surface area contributed by atoms with Crippen molar-refractivity contribution in [3.63, 3.8) is 0 Å². The van der Waals surface area contributed by atoms with Crippen molar-refractivity contribution in [3.8, 4) is 0 Å². The minimum atomic E-state index is -0.997. The van der Waals surface area contributed by atoms with Crippen molar-refractivity contribution in [1.29, 1.82) is 5.53 Å². The summed E-state index contributed by atoms with van der Waals surface area (Å²) in [7, 11) is 0. The number of nitrogens with zero attached hydrogens (tertiary/aromatic N) is 15. The number of piperidine rings is 3. The number of aliphatic imine (C=N–C) groups is 3. The summed E-state index contributed by atoms with van der Waals surface area (Å²) in [6.07, 6.45) is 15.7. The van der Waals surface area contributed by atoms with E-state index < -0.39 is 58.8 Å². The zero-order valence-electron chi connectivity index (χ0n) is 81.2. The van der Waals surface area contributed by atoms with Crippen LogP contribution in [0.4, 0.5) is 5.69 Å². The van der Waals surface area contributed by atoms with Crippen LogP contribution in [-0.2, 0) is 62.6 Å². The molecule has 11 heterocycles. The van der Waals surface area contributed by atoms with Gasteiger partial charge in [0.15, 0.2) is 18.3 Å². The highest BCUT2D eigenvalue weighted by molar-refractivity contribution is 7.19. The first-order valence-electron chi connectivity index (χ1n) is 50.1. The molecule has 5 aromatic carbocycles. The first-order chi connectivity index (χ1) is 67.1. The van der Waals surface area contributed by atoms with Gasteiger partial charge in [0, 0.05) is 108 Å². The third kappa shape index (κ3) is 25.4. The number of hydrogen-bond donors (Lipinski definition) is 8. The summed E-state index contributed by atoms with van der Waals surface area (Å²) in [6, 6.07) is 41.5. The summed E-state index contributed by atoms with van der Waals surface area (Å²) >= 11 is 15.3. The van der Waals surface area contributed by atoms with Crippen molar-refractivity contribution >= 4 is 110 Å². The highest BCUT2D eigenvalue weighted by atomic mass is 35.5. The van der Waals surface area contributed by atoms with Gasteiger partial charge in [-0.3, -0.25) is 33.8 Å². The number of piperazine rings is 3. The van der Waals surface area contributed by atoms with Crippen LogP contribution in [-0.4, -0.2) is 279 Å². The number of ether oxygens (including phenoxy) is 3. The van der Waals surface area contributed by atoms with E-state index in [0.29, 0.717) is 110 Å². The molecule has 9 aliphatic heterocycles. The van der Waals surface area contributed by atoms with Crippen molar-refractivity contribution in [3.05, 3.63) is 200 Å². The van der Waals surface area contributed by atoms with Crippen molar-refractivity contribution in [2.45, 2.75) is 241 Å². The monoisotopic (exact) mass is 1960 g/mol. The zero-order valence-corrected chi connectivity index (χ0v) is 83.6. The number of benzene rings is 5. The molecule has 6 amide bonds. The number of likely N-dealkylation sites (tertiary alicyclic amines) is 3. The molecule has 16 rings (SSSR count). The number of fused-ring (bicyclic) bond motifs is 1. The van der Waals surface area contributed by atoms with E-state index in [9.17, 15) is 24.0 Å². The Morgan fingerprint density at radius 1 is 0.475 bits per heavy atom. The highest BCUT2D eigenvalue weighted by Crippen LogP contribution is 2.43. The number of pyridine rings is 1. The SMILES string of the molecule is CC1(C)N=C(N2CCN(C(=O)[C@H](N)CCCCN3CCCCC3)[C@H](C(=O)NCc3cc(Cl)cc(C4CCN(CCCC[C@@H](N)C(=O)N5CCN(C6=NC(C)(C)C(c7ccccc7)O6)C[C@H]5C(=O)NCc5cc(Cl)ccc5N/C(=N\N=N)C5CCCN(CCCC[C@@H](N)C(=O)N6CCN(C7=NC(C)(C)C(c8ccccc8)O7)C[C@H]6C(=O)NCc6cc7cnccc7s6)C5)CC4)c3)C2)OC1c1ccccc1. The van der Waals surface area contributed by atoms with Crippen LogP contribution < -0.4 is 38.5 Å². The fourth-order valence-electron chi connectivity index (χ4n) is 21.3. The molecule has 7 aromatic rings. The Morgan fingerprint density at radius 2 is 0.928 bits per heavy atom. The summed E-state index contributed by atoms with van der Waals surface area (Å²) in [6.45, 7) is 23.0. The van der Waals surface area contributed by atoms with E-state index in [1.54, 1.807) is 44.4 Å². The lowest BCUT2D eigenvalue weighted by molar-refractivity contribution is -0.144. The predicted molar refractivity (Wildman–Crippen MR) is 544 cm³/mol. The van der Waals surface area contributed by atoms with Crippen LogP contribution in [0.2, 0.25) is 10.0 Å². The molecule has 0 bridgehead atoms. The Kier molecular flexibility index (Phi) is 33.7. The van der Waals surface area contributed by atoms with Gasteiger partial charge in [-0.2, -0.15) is 5.53 Å². The number of hydrogen-bond acceptors (Lipinski definition) is 25. The molecule has 0 aliphatic carbocycles. The zero-order chi connectivity index (χ0) is 97.5. The topological polar surface area (TPSA) is 384 Å². The molecule has 2 aromatic heterocycles. The molecule has 32 nitrogen and oxygen atoms in total. The van der Waals surface area contributed by atoms with Gasteiger partial charge in [0.25, 0.3) is 18.1 Å². The average Bonchev–Trinajstić information content (AvgIpc) is 1.64. The number of thiophene rings is 1. The number of rotatable bonds is 34. The Balaban J connectivity index is 0.509. The largest absolute Gasteiger partial charge is 0.454 e. The lowest BCUT2D eigenvalue weighted by atomic mass is 9.88. The molecule has 6 fully saturated rings. The van der Waals surface area contributed by atoms with Gasteiger partial charge < -0.3 is 96.8 Å². The van der Waals surface area contributed by atoms with E-state index in [1.165, 1.54) is 19.3 Å². The number of halogens is 2.